The number of halogens is 2. The summed E-state index contributed by atoms with van der Waals surface area (Å²) in [7, 11) is 1.86. The van der Waals surface area contributed by atoms with Gasteiger partial charge in [0.25, 0.3) is 5.91 Å². The number of carbonyl (C=O) groups is 2. The highest BCUT2D eigenvalue weighted by Crippen LogP contribution is 2.50. The van der Waals surface area contributed by atoms with Crippen LogP contribution in [-0.2, 0) is 4.74 Å². The van der Waals surface area contributed by atoms with Gasteiger partial charge < -0.3 is 34.7 Å². The van der Waals surface area contributed by atoms with E-state index in [0.717, 1.165) is 94.8 Å². The lowest BCUT2D eigenvalue weighted by molar-refractivity contribution is 0.0499. The van der Waals surface area contributed by atoms with Crippen LogP contribution in [0.2, 0.25) is 10.0 Å². The summed E-state index contributed by atoms with van der Waals surface area (Å²) in [5, 5.41) is 8.64. The molecule has 268 valence electrons. The molecule has 6 aromatic rings. The average Bonchev–Trinajstić information content (AvgIpc) is 3.79. The number of aromatic amines is 1. The third-order valence-electron chi connectivity index (χ3n) is 10.7. The lowest BCUT2D eigenvalue weighted by Crippen LogP contribution is -2.50. The first kappa shape index (κ1) is 33.4. The molecule has 5 heterocycles. The summed E-state index contributed by atoms with van der Waals surface area (Å²) >= 11 is 13.1. The molecule has 1 atom stereocenters. The molecule has 1 unspecified atom stereocenters. The van der Waals surface area contributed by atoms with Gasteiger partial charge in [0.15, 0.2) is 0 Å². The van der Waals surface area contributed by atoms with Gasteiger partial charge in [-0.2, -0.15) is 0 Å². The van der Waals surface area contributed by atoms with E-state index in [2.05, 4.69) is 25.1 Å². The van der Waals surface area contributed by atoms with Crippen molar-refractivity contribution < 1.29 is 14.3 Å². The fourth-order valence-corrected chi connectivity index (χ4v) is 8.62. The number of anilines is 3. The summed E-state index contributed by atoms with van der Waals surface area (Å²) < 4.78 is 7.46. The molecule has 2 aromatic heterocycles. The van der Waals surface area contributed by atoms with Crippen molar-refractivity contribution in [1.82, 2.24) is 19.4 Å². The molecule has 0 aliphatic carbocycles. The summed E-state index contributed by atoms with van der Waals surface area (Å²) in [5.41, 5.74) is 8.97. The molecule has 0 bridgehead atoms. The minimum absolute atomic E-state index is 0.134. The van der Waals surface area contributed by atoms with E-state index in [1.54, 1.807) is 0 Å². The number of nitrogens with one attached hydrogen (secondary N) is 3. The van der Waals surface area contributed by atoms with Crippen LogP contribution in [-0.4, -0.2) is 70.8 Å². The highest BCUT2D eigenvalue weighted by atomic mass is 35.5. The lowest BCUT2D eigenvalue weighted by atomic mass is 9.88. The molecule has 53 heavy (non-hydrogen) atoms. The van der Waals surface area contributed by atoms with Crippen LogP contribution in [0.5, 0.6) is 0 Å². The lowest BCUT2D eigenvalue weighted by Gasteiger charge is -2.40. The van der Waals surface area contributed by atoms with Crippen molar-refractivity contribution in [2.45, 2.75) is 31.3 Å². The topological polar surface area (TPSA) is 108 Å². The van der Waals surface area contributed by atoms with Gasteiger partial charge in [-0.3, -0.25) is 4.79 Å². The molecular weight excluding hydrogens is 709 g/mol. The highest BCUT2D eigenvalue weighted by molar-refractivity contribution is 6.32. The van der Waals surface area contributed by atoms with Crippen LogP contribution in [0.25, 0.3) is 33.4 Å². The molecular formula is C41H37Cl2N7O3. The van der Waals surface area contributed by atoms with E-state index in [9.17, 15) is 9.59 Å². The summed E-state index contributed by atoms with van der Waals surface area (Å²) in [6.45, 7) is 2.69. The van der Waals surface area contributed by atoms with Gasteiger partial charge in [-0.15, -0.1) is 0 Å². The Kier molecular flexibility index (Phi) is 8.51. The number of amides is 2. The number of cyclic esters (lactones) is 1. The smallest absolute Gasteiger partial charge is 0.410 e. The number of ether oxygens (including phenoxy) is 1. The van der Waals surface area contributed by atoms with Gasteiger partial charge in [-0.25, -0.2) is 9.78 Å². The van der Waals surface area contributed by atoms with Crippen molar-refractivity contribution >= 4 is 63.2 Å². The third-order valence-corrected chi connectivity index (χ3v) is 11.2. The number of rotatable bonds is 7. The van der Waals surface area contributed by atoms with Crippen molar-refractivity contribution in [3.63, 3.8) is 0 Å². The number of fused-ring (bicyclic) bond motifs is 2. The Bertz CT molecular complexity index is 2370. The van der Waals surface area contributed by atoms with Crippen molar-refractivity contribution in [3.05, 3.63) is 118 Å². The molecule has 2 fully saturated rings. The molecule has 0 spiro atoms. The second kappa shape index (κ2) is 13.5. The van der Waals surface area contributed by atoms with Crippen LogP contribution in [0.1, 0.15) is 46.9 Å². The van der Waals surface area contributed by atoms with E-state index < -0.39 is 0 Å². The molecule has 0 radical (unpaired) electrons. The summed E-state index contributed by atoms with van der Waals surface area (Å²) in [6, 6.07) is 27.6. The van der Waals surface area contributed by atoms with E-state index in [0.29, 0.717) is 28.0 Å². The Morgan fingerprint density at radius 1 is 0.943 bits per heavy atom. The van der Waals surface area contributed by atoms with Gasteiger partial charge in [0.05, 0.1) is 41.7 Å². The van der Waals surface area contributed by atoms with E-state index in [1.165, 1.54) is 0 Å². The van der Waals surface area contributed by atoms with Crippen molar-refractivity contribution in [2.24, 2.45) is 0 Å². The first-order valence-electron chi connectivity index (χ1n) is 17.9. The maximum Gasteiger partial charge on any atom is 0.410 e. The zero-order valence-electron chi connectivity index (χ0n) is 29.0. The SMILES string of the molecule is CNc1ccc(N2CCC(N3CCCOC3=O)CC2)c(NC(=O)c2[nH]c3cc(Cl)cc4c3c2-c2c(-c3ccccc3)ncn2C4c2ccc(Cl)cc2)c1. The van der Waals surface area contributed by atoms with Crippen LogP contribution in [0.3, 0.4) is 0 Å². The average molecular weight is 747 g/mol. The minimum Gasteiger partial charge on any atom is -0.449 e. The Morgan fingerprint density at radius 3 is 2.49 bits per heavy atom. The van der Waals surface area contributed by atoms with Gasteiger partial charge in [0.1, 0.15) is 5.69 Å². The van der Waals surface area contributed by atoms with Gasteiger partial charge in [0.2, 0.25) is 0 Å². The number of hydrogen-bond donors (Lipinski definition) is 3. The summed E-state index contributed by atoms with van der Waals surface area (Å²) in [6.07, 6.45) is 4.11. The molecule has 2 saturated heterocycles. The molecule has 12 heteroatoms. The van der Waals surface area contributed by atoms with E-state index in [1.807, 2.05) is 103 Å². The fraction of sp³-hybridized carbons (Fsp3) is 0.244. The number of aromatic nitrogens is 3. The predicted molar refractivity (Wildman–Crippen MR) is 211 cm³/mol. The number of benzene rings is 4. The number of imidazole rings is 1. The second-order valence-corrected chi connectivity index (χ2v) is 14.7. The van der Waals surface area contributed by atoms with Crippen LogP contribution >= 0.6 is 23.2 Å². The van der Waals surface area contributed by atoms with Crippen LogP contribution in [0.15, 0.2) is 91.3 Å². The molecule has 4 aromatic carbocycles. The monoisotopic (exact) mass is 745 g/mol. The Labute approximate surface area is 316 Å². The Morgan fingerprint density at radius 2 is 1.74 bits per heavy atom. The number of H-pyrrole nitrogens is 1. The zero-order valence-corrected chi connectivity index (χ0v) is 30.5. The quantitative estimate of drug-likeness (QED) is 0.150. The van der Waals surface area contributed by atoms with E-state index >= 15 is 0 Å². The third kappa shape index (κ3) is 5.86. The number of piperidine rings is 1. The Hall–Kier alpha value is -5.45. The number of hydrogen-bond acceptors (Lipinski definition) is 6. The van der Waals surface area contributed by atoms with Crippen molar-refractivity contribution in [3.8, 4) is 22.5 Å². The van der Waals surface area contributed by atoms with Crippen LogP contribution in [0.4, 0.5) is 21.9 Å². The minimum atomic E-state index is -0.282. The molecule has 3 N–H and O–H groups in total. The molecule has 3 aliphatic rings. The molecule has 2 amide bonds. The normalized spacial score (nSPS) is 17.1. The first-order chi connectivity index (χ1) is 25.9. The van der Waals surface area contributed by atoms with Crippen LogP contribution < -0.4 is 15.5 Å². The molecule has 9 rings (SSSR count). The molecule has 10 nitrogen and oxygen atoms in total. The zero-order chi connectivity index (χ0) is 36.2. The van der Waals surface area contributed by atoms with Gasteiger partial charge >= 0.3 is 6.09 Å². The van der Waals surface area contributed by atoms with Gasteiger partial charge in [-0.1, -0.05) is 65.7 Å². The van der Waals surface area contributed by atoms with Gasteiger partial charge in [0, 0.05) is 70.5 Å². The maximum atomic E-state index is 14.8. The van der Waals surface area contributed by atoms with Crippen LogP contribution in [0, 0.1) is 0 Å². The van der Waals surface area contributed by atoms with E-state index in [4.69, 9.17) is 32.9 Å². The number of carbonyl (C=O) groups excluding carboxylic acids is 2. The maximum absolute atomic E-state index is 14.8. The largest absolute Gasteiger partial charge is 0.449 e. The summed E-state index contributed by atoms with van der Waals surface area (Å²) in [5.74, 6) is -0.282. The van der Waals surface area contributed by atoms with Crippen molar-refractivity contribution in [1.29, 1.82) is 0 Å². The van der Waals surface area contributed by atoms with Crippen molar-refractivity contribution in [2.75, 3.05) is 48.8 Å². The molecule has 0 saturated carbocycles. The van der Waals surface area contributed by atoms with E-state index in [-0.39, 0.29) is 24.1 Å². The first-order valence-corrected chi connectivity index (χ1v) is 18.7. The second-order valence-electron chi connectivity index (χ2n) is 13.8. The fourth-order valence-electron chi connectivity index (χ4n) is 8.27. The highest BCUT2D eigenvalue weighted by Gasteiger charge is 2.37. The molecule has 3 aliphatic heterocycles. The van der Waals surface area contributed by atoms with Gasteiger partial charge in [-0.05, 0) is 72.9 Å². The predicted octanol–water partition coefficient (Wildman–Crippen LogP) is 9.06. The number of nitrogens with zero attached hydrogens (tertiary/aromatic N) is 4. The standard InChI is InChI=1S/C41H37Cl2N7O3/c1-44-28-12-13-33(48-17-14-29(15-18-48)49-16-5-19-53-41(49)52)31(22-28)47-40(51)37-35-34-30(20-27(43)21-32(34)46-37)38(25-8-10-26(42)11-9-25)50-23-45-36(39(35)50)24-6-3-2-4-7-24/h2-4,6-13,20-23,29,38,44,46H,5,14-19H2,1H3,(H,47,51). The Balaban J connectivity index is 1.13. The summed E-state index contributed by atoms with van der Waals surface area (Å²) in [4.78, 5) is 39.8.